The lowest BCUT2D eigenvalue weighted by Gasteiger charge is -2.30. The van der Waals surface area contributed by atoms with Crippen molar-refractivity contribution in [3.63, 3.8) is 0 Å². The Morgan fingerprint density at radius 3 is 2.56 bits per heavy atom. The van der Waals surface area contributed by atoms with Crippen LogP contribution in [-0.2, 0) is 13.1 Å². The molecular weight excluding hydrogens is 340 g/mol. The Morgan fingerprint density at radius 1 is 1.00 bits per heavy atom. The van der Waals surface area contributed by atoms with Gasteiger partial charge in [0.2, 0.25) is 0 Å². The van der Waals surface area contributed by atoms with Gasteiger partial charge in [0.15, 0.2) is 0 Å². The van der Waals surface area contributed by atoms with Gasteiger partial charge >= 0.3 is 0 Å². The zero-order chi connectivity index (χ0) is 18.4. The highest BCUT2D eigenvalue weighted by molar-refractivity contribution is 5.97. The molecule has 2 aliphatic rings. The molecule has 1 amide bonds. The quantitative estimate of drug-likeness (QED) is 0.720. The van der Waals surface area contributed by atoms with E-state index < -0.39 is 0 Å². The van der Waals surface area contributed by atoms with E-state index in [4.69, 9.17) is 0 Å². The van der Waals surface area contributed by atoms with E-state index in [-0.39, 0.29) is 17.5 Å². The average molecular weight is 362 g/mol. The molecule has 1 aliphatic carbocycles. The Morgan fingerprint density at radius 2 is 1.78 bits per heavy atom. The zero-order valence-electron chi connectivity index (χ0n) is 15.2. The minimum Gasteiger partial charge on any atom is -0.330 e. The van der Waals surface area contributed by atoms with E-state index in [0.717, 1.165) is 31.2 Å². The highest BCUT2D eigenvalue weighted by Crippen LogP contribution is 2.30. The molecule has 1 saturated carbocycles. The lowest BCUT2D eigenvalue weighted by molar-refractivity contribution is 0.0652. The predicted molar refractivity (Wildman–Crippen MR) is 102 cm³/mol. The van der Waals surface area contributed by atoms with Crippen molar-refractivity contribution in [3.8, 4) is 0 Å². The standard InChI is InChI=1S/C21H22N4O2/c26-20-17-14-23(16-9-5-2-6-10-16)21(27)19(17)24(18-11-12-22-25(18)20)13-15-7-3-1-4-8-15/h1,3-4,7-8,11-12,16H,2,5-6,9-10,13-14H2. The molecule has 2 aromatic heterocycles. The monoisotopic (exact) mass is 362 g/mol. The van der Waals surface area contributed by atoms with Gasteiger partial charge in [0.1, 0.15) is 11.3 Å². The van der Waals surface area contributed by atoms with Crippen LogP contribution in [0, 0.1) is 0 Å². The highest BCUT2D eigenvalue weighted by atomic mass is 16.2. The van der Waals surface area contributed by atoms with Crippen molar-refractivity contribution in [2.45, 2.75) is 51.2 Å². The number of hydrogen-bond donors (Lipinski definition) is 0. The molecule has 0 atom stereocenters. The largest absolute Gasteiger partial charge is 0.330 e. The molecule has 5 rings (SSSR count). The maximum Gasteiger partial charge on any atom is 0.280 e. The number of hydrogen-bond acceptors (Lipinski definition) is 3. The maximum atomic E-state index is 13.4. The van der Waals surface area contributed by atoms with E-state index in [1.165, 1.54) is 10.9 Å². The average Bonchev–Trinajstić information content (AvgIpc) is 3.32. The summed E-state index contributed by atoms with van der Waals surface area (Å²) in [7, 11) is 0. The third kappa shape index (κ3) is 2.59. The minimum absolute atomic E-state index is 0.00590. The van der Waals surface area contributed by atoms with Gasteiger partial charge in [0.25, 0.3) is 11.5 Å². The van der Waals surface area contributed by atoms with E-state index in [1.54, 1.807) is 12.3 Å². The van der Waals surface area contributed by atoms with Crippen molar-refractivity contribution in [2.75, 3.05) is 0 Å². The highest BCUT2D eigenvalue weighted by Gasteiger charge is 2.38. The Labute approximate surface area is 157 Å². The van der Waals surface area contributed by atoms with Crippen molar-refractivity contribution in [1.29, 1.82) is 0 Å². The number of rotatable bonds is 3. The molecule has 0 N–H and O–H groups in total. The smallest absolute Gasteiger partial charge is 0.280 e. The van der Waals surface area contributed by atoms with Gasteiger partial charge in [0, 0.05) is 18.7 Å². The Balaban J connectivity index is 1.64. The van der Waals surface area contributed by atoms with Gasteiger partial charge in [-0.1, -0.05) is 49.6 Å². The van der Waals surface area contributed by atoms with E-state index in [1.807, 2.05) is 39.8 Å². The van der Waals surface area contributed by atoms with Crippen LogP contribution in [-0.4, -0.2) is 31.0 Å². The van der Waals surface area contributed by atoms with Crippen LogP contribution in [0.5, 0.6) is 0 Å². The van der Waals surface area contributed by atoms with Gasteiger partial charge in [-0.15, -0.1) is 0 Å². The third-order valence-electron chi connectivity index (χ3n) is 5.90. The second-order valence-electron chi connectivity index (χ2n) is 7.53. The van der Waals surface area contributed by atoms with E-state index >= 15 is 0 Å². The molecule has 0 saturated heterocycles. The predicted octanol–water partition coefficient (Wildman–Crippen LogP) is 2.83. The molecule has 1 aromatic carbocycles. The van der Waals surface area contributed by atoms with Gasteiger partial charge in [-0.05, 0) is 18.4 Å². The summed E-state index contributed by atoms with van der Waals surface area (Å²) < 4.78 is 3.39. The first-order chi connectivity index (χ1) is 13.2. The summed E-state index contributed by atoms with van der Waals surface area (Å²) in [4.78, 5) is 28.3. The zero-order valence-corrected chi connectivity index (χ0v) is 15.2. The first-order valence-electron chi connectivity index (χ1n) is 9.68. The topological polar surface area (TPSA) is 59.6 Å². The van der Waals surface area contributed by atoms with Crippen molar-refractivity contribution >= 4 is 11.6 Å². The van der Waals surface area contributed by atoms with E-state index in [2.05, 4.69) is 5.10 Å². The van der Waals surface area contributed by atoms with Crippen LogP contribution >= 0.6 is 0 Å². The molecule has 6 nitrogen and oxygen atoms in total. The molecule has 27 heavy (non-hydrogen) atoms. The molecule has 0 spiro atoms. The molecule has 138 valence electrons. The normalized spacial score (nSPS) is 17.6. The molecule has 6 heteroatoms. The molecule has 3 heterocycles. The SMILES string of the molecule is O=C1c2c(c(=O)n3nccc3n2Cc2ccccc2)CN1C1CCCCC1. The van der Waals surface area contributed by atoms with Crippen LogP contribution in [0.15, 0.2) is 47.4 Å². The molecular formula is C21H22N4O2. The summed E-state index contributed by atoms with van der Waals surface area (Å²) in [5.74, 6) is -0.00590. The van der Waals surface area contributed by atoms with E-state index in [9.17, 15) is 9.59 Å². The Hall–Kier alpha value is -2.89. The van der Waals surface area contributed by atoms with Crippen molar-refractivity contribution in [3.05, 3.63) is 69.8 Å². The van der Waals surface area contributed by atoms with Crippen LogP contribution < -0.4 is 5.56 Å². The van der Waals surface area contributed by atoms with Gasteiger partial charge in [-0.2, -0.15) is 9.61 Å². The maximum absolute atomic E-state index is 13.4. The summed E-state index contributed by atoms with van der Waals surface area (Å²) in [5, 5.41) is 4.21. The lowest BCUT2D eigenvalue weighted by Crippen LogP contribution is -2.37. The molecule has 1 fully saturated rings. The van der Waals surface area contributed by atoms with Crippen LogP contribution in [0.3, 0.4) is 0 Å². The Bertz CT molecular complexity index is 1060. The van der Waals surface area contributed by atoms with Crippen molar-refractivity contribution in [2.24, 2.45) is 0 Å². The summed E-state index contributed by atoms with van der Waals surface area (Å²) >= 11 is 0. The van der Waals surface area contributed by atoms with Crippen molar-refractivity contribution in [1.82, 2.24) is 19.1 Å². The van der Waals surface area contributed by atoms with Gasteiger partial charge < -0.3 is 9.47 Å². The third-order valence-corrected chi connectivity index (χ3v) is 5.90. The van der Waals surface area contributed by atoms with Crippen LogP contribution in [0.25, 0.3) is 5.65 Å². The molecule has 0 unspecified atom stereocenters. The summed E-state index contributed by atoms with van der Waals surface area (Å²) in [5.41, 5.74) is 2.72. The summed E-state index contributed by atoms with van der Waals surface area (Å²) in [6, 6.07) is 12.1. The Kier molecular flexibility index (Phi) is 3.85. The lowest BCUT2D eigenvalue weighted by atomic mass is 9.94. The number of nitrogens with zero attached hydrogens (tertiary/aromatic N) is 4. The molecule has 3 aromatic rings. The fraction of sp³-hybridized carbons (Fsp3) is 0.381. The van der Waals surface area contributed by atoms with Crippen LogP contribution in [0.1, 0.15) is 53.7 Å². The van der Waals surface area contributed by atoms with Gasteiger partial charge in [-0.3, -0.25) is 9.59 Å². The van der Waals surface area contributed by atoms with E-state index in [0.29, 0.717) is 30.0 Å². The molecule has 0 bridgehead atoms. The van der Waals surface area contributed by atoms with Crippen molar-refractivity contribution < 1.29 is 4.79 Å². The van der Waals surface area contributed by atoms with Crippen LogP contribution in [0.2, 0.25) is 0 Å². The van der Waals surface area contributed by atoms with Crippen LogP contribution in [0.4, 0.5) is 0 Å². The number of fused-ring (bicyclic) bond motifs is 2. The summed E-state index contributed by atoms with van der Waals surface area (Å²) in [6.07, 6.45) is 7.23. The number of amides is 1. The molecule has 0 radical (unpaired) electrons. The first-order valence-corrected chi connectivity index (χ1v) is 9.68. The summed E-state index contributed by atoms with van der Waals surface area (Å²) in [6.45, 7) is 0.950. The van der Waals surface area contributed by atoms with Gasteiger partial charge in [0.05, 0.1) is 18.3 Å². The first kappa shape index (κ1) is 16.3. The second kappa shape index (κ2) is 6.37. The fourth-order valence-corrected chi connectivity index (χ4v) is 4.54. The molecule has 1 aliphatic heterocycles. The fourth-order valence-electron chi connectivity index (χ4n) is 4.54. The minimum atomic E-state index is -0.166. The van der Waals surface area contributed by atoms with Gasteiger partial charge in [-0.25, -0.2) is 0 Å². The number of carbonyl (C=O) groups excluding carboxylic acids is 1. The number of benzene rings is 1. The number of carbonyl (C=O) groups is 1. The number of aromatic nitrogens is 3. The second-order valence-corrected chi connectivity index (χ2v) is 7.53.